The first-order valence-corrected chi connectivity index (χ1v) is 6.58. The van der Waals surface area contributed by atoms with Crippen molar-refractivity contribution in [3.8, 4) is 5.75 Å². The van der Waals surface area contributed by atoms with Gasteiger partial charge in [0.05, 0.1) is 17.2 Å². The number of nitrogens with zero attached hydrogens (tertiary/aromatic N) is 1. The van der Waals surface area contributed by atoms with Gasteiger partial charge < -0.3 is 14.5 Å². The van der Waals surface area contributed by atoms with Crippen molar-refractivity contribution in [3.05, 3.63) is 46.4 Å². The molecule has 20 heavy (non-hydrogen) atoms. The highest BCUT2D eigenvalue weighted by atomic mass is 35.5. The molecule has 0 spiro atoms. The van der Waals surface area contributed by atoms with E-state index in [1.54, 1.807) is 37.4 Å². The topological polar surface area (TPSA) is 47.3 Å². The van der Waals surface area contributed by atoms with Crippen molar-refractivity contribution in [1.29, 1.82) is 0 Å². The Kier molecular flexibility index (Phi) is 3.42. The molecule has 6 heteroatoms. The summed E-state index contributed by atoms with van der Waals surface area (Å²) in [5.74, 6) is 0.729. The third-order valence-electron chi connectivity index (χ3n) is 2.77. The lowest BCUT2D eigenvalue weighted by atomic mass is 10.3. The van der Waals surface area contributed by atoms with E-state index in [9.17, 15) is 0 Å². The van der Waals surface area contributed by atoms with Crippen LogP contribution in [0, 0.1) is 0 Å². The Morgan fingerprint density at radius 1 is 1.10 bits per heavy atom. The van der Waals surface area contributed by atoms with E-state index in [0.29, 0.717) is 27.2 Å². The summed E-state index contributed by atoms with van der Waals surface area (Å²) in [4.78, 5) is 4.33. The van der Waals surface area contributed by atoms with Gasteiger partial charge in [0.25, 0.3) is 6.01 Å². The van der Waals surface area contributed by atoms with E-state index in [0.717, 1.165) is 11.4 Å². The summed E-state index contributed by atoms with van der Waals surface area (Å²) in [6.07, 6.45) is 0. The van der Waals surface area contributed by atoms with Crippen molar-refractivity contribution in [2.45, 2.75) is 0 Å². The Balaban J connectivity index is 1.92. The van der Waals surface area contributed by atoms with E-state index >= 15 is 0 Å². The van der Waals surface area contributed by atoms with Gasteiger partial charge in [-0.1, -0.05) is 23.2 Å². The molecule has 3 rings (SSSR count). The molecule has 0 amide bonds. The number of anilines is 2. The van der Waals surface area contributed by atoms with Gasteiger partial charge in [0.2, 0.25) is 0 Å². The van der Waals surface area contributed by atoms with Gasteiger partial charge in [0.15, 0.2) is 5.58 Å². The minimum Gasteiger partial charge on any atom is -0.497 e. The van der Waals surface area contributed by atoms with Crippen LogP contribution in [0.2, 0.25) is 10.0 Å². The number of fused-ring (bicyclic) bond motifs is 1. The molecule has 0 fully saturated rings. The standard InChI is InChI=1S/C14H10Cl2N2O2/c1-19-9-3-5-13-12(7-9)18-14(20-13)17-8-2-4-10(15)11(16)6-8/h2-7H,1H3,(H,17,18). The fourth-order valence-corrected chi connectivity index (χ4v) is 2.08. The number of methoxy groups -OCH3 is 1. The summed E-state index contributed by atoms with van der Waals surface area (Å²) in [6.45, 7) is 0. The van der Waals surface area contributed by atoms with E-state index in [1.165, 1.54) is 0 Å². The molecule has 0 unspecified atom stereocenters. The zero-order valence-electron chi connectivity index (χ0n) is 10.5. The molecule has 0 aliphatic rings. The maximum Gasteiger partial charge on any atom is 0.300 e. The van der Waals surface area contributed by atoms with Gasteiger partial charge in [-0.3, -0.25) is 0 Å². The Bertz CT molecular complexity index is 771. The van der Waals surface area contributed by atoms with Crippen LogP contribution >= 0.6 is 23.2 Å². The lowest BCUT2D eigenvalue weighted by molar-refractivity contribution is 0.415. The average molecular weight is 309 g/mol. The highest BCUT2D eigenvalue weighted by molar-refractivity contribution is 6.42. The molecular formula is C14H10Cl2N2O2. The van der Waals surface area contributed by atoms with Crippen LogP contribution < -0.4 is 10.1 Å². The zero-order valence-corrected chi connectivity index (χ0v) is 12.0. The zero-order chi connectivity index (χ0) is 14.1. The minimum atomic E-state index is 0.381. The average Bonchev–Trinajstić information content (AvgIpc) is 2.84. The van der Waals surface area contributed by atoms with Crippen LogP contribution in [0.1, 0.15) is 0 Å². The second-order valence-electron chi connectivity index (χ2n) is 4.11. The molecule has 0 radical (unpaired) electrons. The van der Waals surface area contributed by atoms with Crippen LogP contribution in [0.15, 0.2) is 40.8 Å². The molecule has 3 aromatic rings. The van der Waals surface area contributed by atoms with E-state index in [2.05, 4.69) is 10.3 Å². The second kappa shape index (κ2) is 5.23. The highest BCUT2D eigenvalue weighted by Gasteiger charge is 2.08. The summed E-state index contributed by atoms with van der Waals surface area (Å²) in [6, 6.07) is 11.0. The van der Waals surface area contributed by atoms with E-state index in [4.69, 9.17) is 32.4 Å². The van der Waals surface area contributed by atoms with Gasteiger partial charge >= 0.3 is 0 Å². The maximum atomic E-state index is 5.96. The molecule has 0 saturated heterocycles. The minimum absolute atomic E-state index is 0.381. The van der Waals surface area contributed by atoms with Gasteiger partial charge in [-0.05, 0) is 30.3 Å². The molecule has 102 valence electrons. The summed E-state index contributed by atoms with van der Waals surface area (Å²) < 4.78 is 10.7. The van der Waals surface area contributed by atoms with Gasteiger partial charge in [-0.25, -0.2) is 0 Å². The van der Waals surface area contributed by atoms with Crippen LogP contribution in [0.25, 0.3) is 11.1 Å². The quantitative estimate of drug-likeness (QED) is 0.748. The predicted octanol–water partition coefficient (Wildman–Crippen LogP) is 4.89. The van der Waals surface area contributed by atoms with E-state index in [-0.39, 0.29) is 0 Å². The van der Waals surface area contributed by atoms with Crippen LogP contribution in [0.5, 0.6) is 5.75 Å². The first kappa shape index (κ1) is 13.1. The normalized spacial score (nSPS) is 10.8. The van der Waals surface area contributed by atoms with Crippen molar-refractivity contribution >= 4 is 46.0 Å². The van der Waals surface area contributed by atoms with Crippen LogP contribution in [-0.2, 0) is 0 Å². The van der Waals surface area contributed by atoms with Gasteiger partial charge in [0, 0.05) is 11.8 Å². The first-order chi connectivity index (χ1) is 9.65. The molecule has 0 atom stereocenters. The molecule has 0 bridgehead atoms. The summed E-state index contributed by atoms with van der Waals surface area (Å²) in [7, 11) is 1.61. The van der Waals surface area contributed by atoms with Crippen molar-refractivity contribution < 1.29 is 9.15 Å². The molecule has 0 aliphatic carbocycles. The van der Waals surface area contributed by atoms with Crippen LogP contribution in [0.3, 0.4) is 0 Å². The lowest BCUT2D eigenvalue weighted by Crippen LogP contribution is -1.89. The third-order valence-corrected chi connectivity index (χ3v) is 3.50. The summed E-state index contributed by atoms with van der Waals surface area (Å²) >= 11 is 11.8. The van der Waals surface area contributed by atoms with E-state index in [1.807, 2.05) is 6.07 Å². The molecule has 0 aliphatic heterocycles. The first-order valence-electron chi connectivity index (χ1n) is 5.82. The molecule has 1 heterocycles. The fraction of sp³-hybridized carbons (Fsp3) is 0.0714. The number of benzene rings is 2. The Morgan fingerprint density at radius 3 is 2.70 bits per heavy atom. The Hall–Kier alpha value is -1.91. The SMILES string of the molecule is COc1ccc2oc(Nc3ccc(Cl)c(Cl)c3)nc2c1. The molecule has 1 N–H and O–H groups in total. The molecule has 0 saturated carbocycles. The molecule has 1 aromatic heterocycles. The lowest BCUT2D eigenvalue weighted by Gasteiger charge is -2.02. The van der Waals surface area contributed by atoms with Gasteiger partial charge in [0.1, 0.15) is 11.3 Å². The summed E-state index contributed by atoms with van der Waals surface area (Å²) in [5, 5.41) is 4.00. The van der Waals surface area contributed by atoms with Gasteiger partial charge in [-0.2, -0.15) is 4.98 Å². The van der Waals surface area contributed by atoms with E-state index < -0.39 is 0 Å². The van der Waals surface area contributed by atoms with Crippen molar-refractivity contribution in [1.82, 2.24) is 4.98 Å². The third kappa shape index (κ3) is 2.53. The molecular weight excluding hydrogens is 299 g/mol. The highest BCUT2D eigenvalue weighted by Crippen LogP contribution is 2.28. The Labute approximate surface area is 125 Å². The molecule has 2 aromatic carbocycles. The number of ether oxygens (including phenoxy) is 1. The largest absolute Gasteiger partial charge is 0.497 e. The van der Waals surface area contributed by atoms with Crippen LogP contribution in [0.4, 0.5) is 11.7 Å². The monoisotopic (exact) mass is 308 g/mol. The second-order valence-corrected chi connectivity index (χ2v) is 4.92. The molecule has 4 nitrogen and oxygen atoms in total. The number of nitrogens with one attached hydrogen (secondary N) is 1. The number of rotatable bonds is 3. The maximum absolute atomic E-state index is 5.96. The Morgan fingerprint density at radius 2 is 1.95 bits per heavy atom. The number of hydrogen-bond acceptors (Lipinski definition) is 4. The number of aromatic nitrogens is 1. The van der Waals surface area contributed by atoms with Crippen LogP contribution in [-0.4, -0.2) is 12.1 Å². The number of hydrogen-bond donors (Lipinski definition) is 1. The summed E-state index contributed by atoms with van der Waals surface area (Å²) in [5.41, 5.74) is 2.14. The number of oxazole rings is 1. The van der Waals surface area contributed by atoms with Crippen molar-refractivity contribution in [3.63, 3.8) is 0 Å². The smallest absolute Gasteiger partial charge is 0.300 e. The van der Waals surface area contributed by atoms with Crippen molar-refractivity contribution in [2.75, 3.05) is 12.4 Å². The number of halogens is 2. The predicted molar refractivity (Wildman–Crippen MR) is 80.3 cm³/mol. The van der Waals surface area contributed by atoms with Crippen molar-refractivity contribution in [2.24, 2.45) is 0 Å². The van der Waals surface area contributed by atoms with Gasteiger partial charge in [-0.15, -0.1) is 0 Å². The fourth-order valence-electron chi connectivity index (χ4n) is 1.79.